The van der Waals surface area contributed by atoms with E-state index < -0.39 is 35.4 Å². The summed E-state index contributed by atoms with van der Waals surface area (Å²) in [5, 5.41) is 8.99. The predicted octanol–water partition coefficient (Wildman–Crippen LogP) is 2.13. The SMILES string of the molecule is COC[C@H](NC(=O)c1ccno1)C(=O)C[C@@H](Cc1ccccc1)C(=O)N[C@@H](CC(C)C)C(=O)[C@@]1(C)CO1. The Morgan fingerprint density at radius 3 is 2.35 bits per heavy atom. The van der Waals surface area contributed by atoms with E-state index in [9.17, 15) is 19.2 Å². The lowest BCUT2D eigenvalue weighted by molar-refractivity contribution is -0.134. The molecule has 0 saturated carbocycles. The normalized spacial score (nSPS) is 19.1. The van der Waals surface area contributed by atoms with Gasteiger partial charge in [-0.05, 0) is 31.2 Å². The maximum absolute atomic E-state index is 13.5. The summed E-state index contributed by atoms with van der Waals surface area (Å²) >= 11 is 0. The third-order valence-electron chi connectivity index (χ3n) is 6.27. The Kier molecular flexibility index (Phi) is 9.71. The van der Waals surface area contributed by atoms with Crippen LogP contribution in [0.1, 0.15) is 49.7 Å². The zero-order valence-electron chi connectivity index (χ0n) is 21.7. The van der Waals surface area contributed by atoms with Crippen molar-refractivity contribution in [3.05, 3.63) is 53.9 Å². The number of epoxide rings is 1. The van der Waals surface area contributed by atoms with E-state index in [0.29, 0.717) is 13.0 Å². The number of ether oxygens (including phenoxy) is 2. The van der Waals surface area contributed by atoms with Crippen LogP contribution in [-0.4, -0.2) is 66.5 Å². The van der Waals surface area contributed by atoms with E-state index in [0.717, 1.165) is 5.56 Å². The number of hydrogen-bond donors (Lipinski definition) is 2. The average molecular weight is 514 g/mol. The number of nitrogens with one attached hydrogen (secondary N) is 2. The maximum atomic E-state index is 13.5. The molecule has 2 N–H and O–H groups in total. The summed E-state index contributed by atoms with van der Waals surface area (Å²) in [4.78, 5) is 52.3. The number of methoxy groups -OCH3 is 1. The zero-order chi connectivity index (χ0) is 27.0. The summed E-state index contributed by atoms with van der Waals surface area (Å²) in [5.74, 6) is -2.23. The van der Waals surface area contributed by atoms with Crippen molar-refractivity contribution in [2.24, 2.45) is 11.8 Å². The van der Waals surface area contributed by atoms with Gasteiger partial charge in [0.15, 0.2) is 11.6 Å². The molecule has 0 spiro atoms. The standard InChI is InChI=1S/C27H35N3O7/c1-17(2)12-20(24(32)27(3)16-36-27)29-25(33)19(13-18-8-6-5-7-9-18)14-22(31)21(15-35-4)30-26(34)23-10-11-28-37-23/h5-11,17,19-21H,12-16H2,1-4H3,(H,29,33)(H,30,34)/t19-,20+,21+,27-/m1/s1. The van der Waals surface area contributed by atoms with Crippen molar-refractivity contribution in [1.29, 1.82) is 0 Å². The van der Waals surface area contributed by atoms with Crippen molar-refractivity contribution < 1.29 is 33.2 Å². The Hall–Kier alpha value is -3.37. The van der Waals surface area contributed by atoms with E-state index in [1.807, 2.05) is 44.2 Å². The van der Waals surface area contributed by atoms with Crippen molar-refractivity contribution in [2.75, 3.05) is 20.3 Å². The minimum Gasteiger partial charge on any atom is -0.382 e. The van der Waals surface area contributed by atoms with Gasteiger partial charge in [0.2, 0.25) is 11.7 Å². The minimum atomic E-state index is -0.999. The van der Waals surface area contributed by atoms with Crippen LogP contribution in [0.2, 0.25) is 0 Å². The molecule has 200 valence electrons. The molecule has 0 unspecified atom stereocenters. The highest BCUT2D eigenvalue weighted by atomic mass is 16.6. The van der Waals surface area contributed by atoms with Crippen LogP contribution in [0.4, 0.5) is 0 Å². The molecule has 1 aromatic heterocycles. The van der Waals surface area contributed by atoms with Gasteiger partial charge in [-0.15, -0.1) is 0 Å². The molecule has 0 aliphatic carbocycles. The first-order valence-electron chi connectivity index (χ1n) is 12.4. The summed E-state index contributed by atoms with van der Waals surface area (Å²) in [6.45, 7) is 5.90. The number of hydrogen-bond acceptors (Lipinski definition) is 8. The van der Waals surface area contributed by atoms with Crippen molar-refractivity contribution in [1.82, 2.24) is 15.8 Å². The second-order valence-corrected chi connectivity index (χ2v) is 9.99. The van der Waals surface area contributed by atoms with Crippen molar-refractivity contribution in [2.45, 2.75) is 57.7 Å². The first-order valence-corrected chi connectivity index (χ1v) is 12.4. The van der Waals surface area contributed by atoms with Gasteiger partial charge in [-0.2, -0.15) is 0 Å². The molecular weight excluding hydrogens is 478 g/mol. The van der Waals surface area contributed by atoms with Gasteiger partial charge in [-0.3, -0.25) is 19.2 Å². The molecule has 1 saturated heterocycles. The van der Waals surface area contributed by atoms with Crippen LogP contribution >= 0.6 is 0 Å². The quantitative estimate of drug-likeness (QED) is 0.345. The van der Waals surface area contributed by atoms with Crippen molar-refractivity contribution in [3.8, 4) is 0 Å². The van der Waals surface area contributed by atoms with Gasteiger partial charge in [-0.25, -0.2) is 0 Å². The lowest BCUT2D eigenvalue weighted by atomic mass is 9.89. The molecule has 0 bridgehead atoms. The molecule has 4 atom stereocenters. The summed E-state index contributed by atoms with van der Waals surface area (Å²) < 4.78 is 15.3. The van der Waals surface area contributed by atoms with E-state index in [1.54, 1.807) is 6.92 Å². The van der Waals surface area contributed by atoms with Gasteiger partial charge in [0, 0.05) is 25.5 Å². The van der Waals surface area contributed by atoms with E-state index >= 15 is 0 Å². The van der Waals surface area contributed by atoms with E-state index in [4.69, 9.17) is 14.0 Å². The van der Waals surface area contributed by atoms with Crippen LogP contribution in [0, 0.1) is 11.8 Å². The van der Waals surface area contributed by atoms with Crippen molar-refractivity contribution >= 4 is 23.4 Å². The molecular formula is C27H35N3O7. The van der Waals surface area contributed by atoms with Crippen LogP contribution < -0.4 is 10.6 Å². The Balaban J connectivity index is 1.77. The molecule has 3 rings (SSSR count). The number of Topliss-reactive ketones (excluding diaryl/α,β-unsaturated/α-hetero) is 2. The number of amides is 2. The second kappa shape index (κ2) is 12.7. The zero-order valence-corrected chi connectivity index (χ0v) is 21.7. The minimum absolute atomic E-state index is 0.0432. The number of nitrogens with zero attached hydrogens (tertiary/aromatic N) is 1. The van der Waals surface area contributed by atoms with Gasteiger partial charge in [-0.1, -0.05) is 49.3 Å². The summed E-state index contributed by atoms with van der Waals surface area (Å²) in [5.41, 5.74) is -0.0137. The molecule has 0 radical (unpaired) electrons. The first-order chi connectivity index (χ1) is 17.6. The Bertz CT molecular complexity index is 1060. The van der Waals surface area contributed by atoms with Crippen LogP contribution in [0.15, 0.2) is 47.1 Å². The predicted molar refractivity (Wildman–Crippen MR) is 134 cm³/mol. The Morgan fingerprint density at radius 2 is 1.78 bits per heavy atom. The molecule has 2 heterocycles. The number of carbonyl (C=O) groups is 4. The van der Waals surface area contributed by atoms with Gasteiger partial charge >= 0.3 is 0 Å². The molecule has 1 fully saturated rings. The molecule has 37 heavy (non-hydrogen) atoms. The van der Waals surface area contributed by atoms with Gasteiger partial charge in [0.25, 0.3) is 5.91 Å². The highest BCUT2D eigenvalue weighted by Gasteiger charge is 2.50. The number of ketones is 2. The Morgan fingerprint density at radius 1 is 1.08 bits per heavy atom. The lowest BCUT2D eigenvalue weighted by Crippen LogP contribution is -2.50. The lowest BCUT2D eigenvalue weighted by Gasteiger charge is -2.25. The van der Waals surface area contributed by atoms with Gasteiger partial charge in [0.05, 0.1) is 25.5 Å². The fourth-order valence-corrected chi connectivity index (χ4v) is 4.10. The van der Waals surface area contributed by atoms with E-state index in [2.05, 4.69) is 15.8 Å². The third kappa shape index (κ3) is 8.06. The summed E-state index contributed by atoms with van der Waals surface area (Å²) in [6.07, 6.45) is 1.89. The van der Waals surface area contributed by atoms with E-state index in [-0.39, 0.29) is 42.7 Å². The first kappa shape index (κ1) is 28.2. The third-order valence-corrected chi connectivity index (χ3v) is 6.27. The van der Waals surface area contributed by atoms with Crippen LogP contribution in [-0.2, 0) is 30.3 Å². The highest BCUT2D eigenvalue weighted by molar-refractivity contribution is 5.99. The molecule has 10 nitrogen and oxygen atoms in total. The molecule has 10 heteroatoms. The van der Waals surface area contributed by atoms with Crippen molar-refractivity contribution in [3.63, 3.8) is 0 Å². The van der Waals surface area contributed by atoms with Crippen LogP contribution in [0.5, 0.6) is 0 Å². The maximum Gasteiger partial charge on any atom is 0.290 e. The highest BCUT2D eigenvalue weighted by Crippen LogP contribution is 2.30. The average Bonchev–Trinajstić information content (AvgIpc) is 3.38. The topological polar surface area (TPSA) is 140 Å². The summed E-state index contributed by atoms with van der Waals surface area (Å²) in [7, 11) is 1.41. The number of benzene rings is 1. The smallest absolute Gasteiger partial charge is 0.290 e. The number of carbonyl (C=O) groups excluding carboxylic acids is 4. The van der Waals surface area contributed by atoms with Crippen LogP contribution in [0.25, 0.3) is 0 Å². The largest absolute Gasteiger partial charge is 0.382 e. The Labute approximate surface area is 216 Å². The monoisotopic (exact) mass is 513 g/mol. The second-order valence-electron chi connectivity index (χ2n) is 9.99. The number of rotatable bonds is 15. The number of aromatic nitrogens is 1. The fraction of sp³-hybridized carbons (Fsp3) is 0.519. The van der Waals surface area contributed by atoms with Crippen LogP contribution in [0.3, 0.4) is 0 Å². The molecule has 2 aromatic rings. The molecule has 2 amide bonds. The van der Waals surface area contributed by atoms with Gasteiger partial charge < -0.3 is 24.6 Å². The molecule has 1 aliphatic heterocycles. The fourth-order valence-electron chi connectivity index (χ4n) is 4.10. The summed E-state index contributed by atoms with van der Waals surface area (Å²) in [6, 6.07) is 8.98. The van der Waals surface area contributed by atoms with E-state index in [1.165, 1.54) is 19.4 Å². The van der Waals surface area contributed by atoms with Gasteiger partial charge in [0.1, 0.15) is 11.6 Å². The molecule has 1 aliphatic rings. The molecule has 1 aromatic carbocycles.